The molecule has 0 atom stereocenters. The van der Waals surface area contributed by atoms with Gasteiger partial charge in [-0.25, -0.2) is 4.98 Å². The van der Waals surface area contributed by atoms with Crippen LogP contribution in [0.1, 0.15) is 24.5 Å². The molecule has 0 spiro atoms. The molecular formula is C21H20F3N5O2. The van der Waals surface area contributed by atoms with Crippen LogP contribution in [0.2, 0.25) is 0 Å². The first-order valence-corrected chi connectivity index (χ1v) is 9.47. The highest BCUT2D eigenvalue weighted by Gasteiger charge is 2.35. The normalized spacial score (nSPS) is 11.3. The second-order valence-electron chi connectivity index (χ2n) is 6.83. The zero-order valence-electron chi connectivity index (χ0n) is 16.8. The van der Waals surface area contributed by atoms with Gasteiger partial charge >= 0.3 is 6.18 Å². The minimum atomic E-state index is -4.64. The Morgan fingerprint density at radius 3 is 2.29 bits per heavy atom. The van der Waals surface area contributed by atoms with Crippen molar-refractivity contribution in [3.05, 3.63) is 76.0 Å². The summed E-state index contributed by atoms with van der Waals surface area (Å²) >= 11 is 0. The first-order chi connectivity index (χ1) is 14.7. The van der Waals surface area contributed by atoms with E-state index in [2.05, 4.69) is 15.3 Å². The summed E-state index contributed by atoms with van der Waals surface area (Å²) in [6, 6.07) is 12.6. The highest BCUT2D eigenvalue weighted by Crippen LogP contribution is 2.36. The zero-order valence-corrected chi connectivity index (χ0v) is 16.8. The number of benzene rings is 2. The summed E-state index contributed by atoms with van der Waals surface area (Å²) in [5, 5.41) is 13.5. The van der Waals surface area contributed by atoms with Gasteiger partial charge in [0, 0.05) is 36.8 Å². The summed E-state index contributed by atoms with van der Waals surface area (Å²) in [5.41, 5.74) is 0.948. The van der Waals surface area contributed by atoms with Gasteiger partial charge in [-0.3, -0.25) is 10.1 Å². The highest BCUT2D eigenvalue weighted by molar-refractivity contribution is 5.64. The third-order valence-electron chi connectivity index (χ3n) is 4.58. The van der Waals surface area contributed by atoms with Crippen molar-refractivity contribution in [2.24, 2.45) is 0 Å². The zero-order chi connectivity index (χ0) is 22.6. The minimum absolute atomic E-state index is 0.00644. The number of nitrogens with zero attached hydrogens (tertiary/aromatic N) is 4. The molecule has 0 saturated carbocycles. The van der Waals surface area contributed by atoms with Crippen molar-refractivity contribution in [3.8, 4) is 0 Å². The smallest absolute Gasteiger partial charge is 0.340 e. The van der Waals surface area contributed by atoms with Gasteiger partial charge in [0.05, 0.1) is 4.92 Å². The van der Waals surface area contributed by atoms with E-state index in [0.29, 0.717) is 11.4 Å². The van der Waals surface area contributed by atoms with Crippen molar-refractivity contribution in [1.29, 1.82) is 0 Å². The number of nitro benzene ring substituents is 1. The van der Waals surface area contributed by atoms with Crippen LogP contribution < -0.4 is 10.2 Å². The molecule has 0 fully saturated rings. The van der Waals surface area contributed by atoms with Crippen LogP contribution in [-0.2, 0) is 12.6 Å². The second kappa shape index (κ2) is 8.99. The molecule has 0 aliphatic rings. The SMILES string of the molecule is CCCc1ccc(Nc2nc(N(C)c3ccc([N+](=O)[O-])cc3)ncc2C(F)(F)F)cc1. The highest BCUT2D eigenvalue weighted by atomic mass is 19.4. The van der Waals surface area contributed by atoms with Gasteiger partial charge in [-0.2, -0.15) is 18.2 Å². The van der Waals surface area contributed by atoms with Crippen LogP contribution in [0.5, 0.6) is 0 Å². The Kier molecular flexibility index (Phi) is 6.38. The Labute approximate surface area is 176 Å². The van der Waals surface area contributed by atoms with Crippen LogP contribution in [0.15, 0.2) is 54.7 Å². The van der Waals surface area contributed by atoms with Crippen LogP contribution in [0.25, 0.3) is 0 Å². The van der Waals surface area contributed by atoms with Crippen LogP contribution >= 0.6 is 0 Å². The van der Waals surface area contributed by atoms with Crippen LogP contribution in [0.4, 0.5) is 42.0 Å². The van der Waals surface area contributed by atoms with Crippen molar-refractivity contribution in [2.75, 3.05) is 17.3 Å². The number of nitrogens with one attached hydrogen (secondary N) is 1. The molecule has 1 N–H and O–H groups in total. The largest absolute Gasteiger partial charge is 0.421 e. The van der Waals surface area contributed by atoms with Crippen molar-refractivity contribution < 1.29 is 18.1 Å². The number of non-ortho nitro benzene ring substituents is 1. The number of alkyl halides is 3. The molecular weight excluding hydrogens is 411 g/mol. The molecule has 0 unspecified atom stereocenters. The van der Waals surface area contributed by atoms with Gasteiger partial charge in [0.2, 0.25) is 5.95 Å². The molecule has 2 aromatic carbocycles. The van der Waals surface area contributed by atoms with E-state index in [0.717, 1.165) is 24.6 Å². The van der Waals surface area contributed by atoms with Crippen molar-refractivity contribution in [3.63, 3.8) is 0 Å². The lowest BCUT2D eigenvalue weighted by Gasteiger charge is -2.20. The van der Waals surface area contributed by atoms with Crippen LogP contribution in [0, 0.1) is 10.1 Å². The molecule has 0 aliphatic heterocycles. The van der Waals surface area contributed by atoms with Gasteiger partial charge < -0.3 is 10.2 Å². The molecule has 31 heavy (non-hydrogen) atoms. The summed E-state index contributed by atoms with van der Waals surface area (Å²) in [7, 11) is 1.56. The number of halogens is 3. The number of hydrogen-bond donors (Lipinski definition) is 1. The predicted octanol–water partition coefficient (Wildman–Crippen LogP) is 5.87. The Hall–Kier alpha value is -3.69. The van der Waals surface area contributed by atoms with E-state index in [1.54, 1.807) is 19.2 Å². The van der Waals surface area contributed by atoms with E-state index in [4.69, 9.17) is 0 Å². The average Bonchev–Trinajstić information content (AvgIpc) is 2.74. The first-order valence-electron chi connectivity index (χ1n) is 9.47. The predicted molar refractivity (Wildman–Crippen MR) is 112 cm³/mol. The lowest BCUT2D eigenvalue weighted by molar-refractivity contribution is -0.384. The van der Waals surface area contributed by atoms with E-state index >= 15 is 0 Å². The molecule has 3 rings (SSSR count). The summed E-state index contributed by atoms with van der Waals surface area (Å²) in [6.07, 6.45) is -2.08. The summed E-state index contributed by atoms with van der Waals surface area (Å²) in [4.78, 5) is 19.6. The molecule has 3 aromatic rings. The number of rotatable bonds is 7. The number of hydrogen-bond acceptors (Lipinski definition) is 6. The molecule has 0 saturated heterocycles. The van der Waals surface area contributed by atoms with E-state index in [9.17, 15) is 23.3 Å². The molecule has 1 aromatic heterocycles. The number of aromatic nitrogens is 2. The first kappa shape index (κ1) is 22.0. The number of anilines is 4. The standard InChI is InChI=1S/C21H20F3N5O2/c1-3-4-14-5-7-15(8-6-14)26-19-18(21(22,23)24)13-25-20(27-19)28(2)16-9-11-17(12-10-16)29(30)31/h5-13H,3-4H2,1-2H3,(H,25,26,27). The Morgan fingerprint density at radius 2 is 1.74 bits per heavy atom. The topological polar surface area (TPSA) is 84.2 Å². The van der Waals surface area contributed by atoms with Crippen molar-refractivity contribution >= 4 is 28.8 Å². The van der Waals surface area contributed by atoms with Gasteiger partial charge in [0.1, 0.15) is 11.4 Å². The summed E-state index contributed by atoms with van der Waals surface area (Å²) in [5.74, 6) is -0.374. The Balaban J connectivity index is 1.93. The molecule has 0 bridgehead atoms. The van der Waals surface area contributed by atoms with Gasteiger partial charge in [0.15, 0.2) is 0 Å². The van der Waals surface area contributed by atoms with Crippen LogP contribution in [-0.4, -0.2) is 21.9 Å². The van der Waals surface area contributed by atoms with Gasteiger partial charge in [-0.05, 0) is 36.2 Å². The number of aryl methyl sites for hydroxylation is 1. The van der Waals surface area contributed by atoms with E-state index in [1.165, 1.54) is 29.2 Å². The van der Waals surface area contributed by atoms with Gasteiger partial charge in [-0.1, -0.05) is 25.5 Å². The lowest BCUT2D eigenvalue weighted by Crippen LogP contribution is -2.17. The van der Waals surface area contributed by atoms with Crippen molar-refractivity contribution in [2.45, 2.75) is 25.9 Å². The Morgan fingerprint density at radius 1 is 1.10 bits per heavy atom. The maximum Gasteiger partial charge on any atom is 0.421 e. The third kappa shape index (κ3) is 5.27. The van der Waals surface area contributed by atoms with Crippen LogP contribution in [0.3, 0.4) is 0 Å². The fourth-order valence-corrected chi connectivity index (χ4v) is 2.93. The third-order valence-corrected chi connectivity index (χ3v) is 4.58. The van der Waals surface area contributed by atoms with E-state index < -0.39 is 16.7 Å². The lowest BCUT2D eigenvalue weighted by atomic mass is 10.1. The molecule has 10 heteroatoms. The molecule has 7 nitrogen and oxygen atoms in total. The maximum atomic E-state index is 13.5. The van der Waals surface area contributed by atoms with Crippen molar-refractivity contribution in [1.82, 2.24) is 9.97 Å². The van der Waals surface area contributed by atoms with Gasteiger partial charge in [0.25, 0.3) is 5.69 Å². The summed E-state index contributed by atoms with van der Waals surface area (Å²) < 4.78 is 40.5. The monoisotopic (exact) mass is 431 g/mol. The molecule has 0 amide bonds. The average molecular weight is 431 g/mol. The fourth-order valence-electron chi connectivity index (χ4n) is 2.93. The van der Waals surface area contributed by atoms with Gasteiger partial charge in [-0.15, -0.1) is 0 Å². The molecule has 0 aliphatic carbocycles. The minimum Gasteiger partial charge on any atom is -0.340 e. The molecule has 1 heterocycles. The second-order valence-corrected chi connectivity index (χ2v) is 6.83. The maximum absolute atomic E-state index is 13.5. The Bertz CT molecular complexity index is 1050. The number of nitro groups is 1. The quantitative estimate of drug-likeness (QED) is 0.372. The molecule has 162 valence electrons. The molecule has 0 radical (unpaired) electrons. The fraction of sp³-hybridized carbons (Fsp3) is 0.238. The summed E-state index contributed by atoms with van der Waals surface area (Å²) in [6.45, 7) is 2.05. The van der Waals surface area contributed by atoms with E-state index in [-0.39, 0.29) is 17.5 Å². The van der Waals surface area contributed by atoms with E-state index in [1.807, 2.05) is 19.1 Å².